The van der Waals surface area contributed by atoms with Gasteiger partial charge in [-0.1, -0.05) is 6.07 Å². The lowest BCUT2D eigenvalue weighted by molar-refractivity contribution is -0.141. The van der Waals surface area contributed by atoms with Crippen molar-refractivity contribution in [1.82, 2.24) is 5.32 Å². The van der Waals surface area contributed by atoms with E-state index in [4.69, 9.17) is 9.84 Å². The topological polar surface area (TPSA) is 58.6 Å². The molecule has 0 saturated carbocycles. The van der Waals surface area contributed by atoms with Gasteiger partial charge in [-0.25, -0.2) is 8.78 Å². The van der Waals surface area contributed by atoms with Crippen LogP contribution in [0.2, 0.25) is 0 Å². The summed E-state index contributed by atoms with van der Waals surface area (Å²) in [4.78, 5) is 10.9. The van der Waals surface area contributed by atoms with Crippen molar-refractivity contribution >= 4 is 5.97 Å². The van der Waals surface area contributed by atoms with E-state index >= 15 is 0 Å². The Morgan fingerprint density at radius 1 is 1.53 bits per heavy atom. The lowest BCUT2D eigenvalue weighted by atomic mass is 9.97. The van der Waals surface area contributed by atoms with Gasteiger partial charge < -0.3 is 15.2 Å². The smallest absolute Gasteiger partial charge is 0.307 e. The molecule has 2 rings (SSSR count). The van der Waals surface area contributed by atoms with Gasteiger partial charge in [0.15, 0.2) is 0 Å². The van der Waals surface area contributed by atoms with Gasteiger partial charge in [0.25, 0.3) is 0 Å². The Kier molecular flexibility index (Phi) is 4.11. The van der Waals surface area contributed by atoms with Crippen molar-refractivity contribution in [3.05, 3.63) is 34.9 Å². The molecule has 1 heterocycles. The van der Waals surface area contributed by atoms with Crippen molar-refractivity contribution in [3.8, 4) is 0 Å². The zero-order valence-corrected chi connectivity index (χ0v) is 10.5. The van der Waals surface area contributed by atoms with Crippen LogP contribution in [0.5, 0.6) is 0 Å². The van der Waals surface area contributed by atoms with Gasteiger partial charge in [-0.2, -0.15) is 0 Å². The van der Waals surface area contributed by atoms with E-state index in [-0.39, 0.29) is 30.7 Å². The number of methoxy groups -OCH3 is 1. The van der Waals surface area contributed by atoms with Gasteiger partial charge in [-0.3, -0.25) is 4.79 Å². The fourth-order valence-corrected chi connectivity index (χ4v) is 2.34. The molecule has 1 aliphatic rings. The number of hydrogen-bond donors (Lipinski definition) is 2. The highest BCUT2D eigenvalue weighted by atomic mass is 19.1. The third-order valence-electron chi connectivity index (χ3n) is 3.33. The highest BCUT2D eigenvalue weighted by Gasteiger charge is 2.33. The molecule has 0 aliphatic carbocycles. The van der Waals surface area contributed by atoms with Gasteiger partial charge >= 0.3 is 5.97 Å². The Hall–Kier alpha value is -1.53. The predicted molar refractivity (Wildman–Crippen MR) is 63.6 cm³/mol. The van der Waals surface area contributed by atoms with Crippen molar-refractivity contribution in [1.29, 1.82) is 0 Å². The molecule has 1 fully saturated rings. The van der Waals surface area contributed by atoms with Crippen molar-refractivity contribution < 1.29 is 23.4 Å². The predicted octanol–water partition coefficient (Wildman–Crippen LogP) is 1.85. The molecule has 104 valence electrons. The van der Waals surface area contributed by atoms with E-state index in [0.29, 0.717) is 0 Å². The molecule has 2 unspecified atom stereocenters. The maximum atomic E-state index is 14.2. The second kappa shape index (κ2) is 5.63. The van der Waals surface area contributed by atoms with Gasteiger partial charge in [0.05, 0.1) is 12.5 Å². The summed E-state index contributed by atoms with van der Waals surface area (Å²) >= 11 is 0. The highest BCUT2D eigenvalue weighted by Crippen LogP contribution is 2.32. The van der Waals surface area contributed by atoms with E-state index in [1.807, 2.05) is 0 Å². The van der Waals surface area contributed by atoms with E-state index < -0.39 is 29.6 Å². The summed E-state index contributed by atoms with van der Waals surface area (Å²) in [7, 11) is 1.43. The largest absolute Gasteiger partial charge is 0.481 e. The summed E-state index contributed by atoms with van der Waals surface area (Å²) in [6.07, 6.45) is 0.180. The molecule has 1 aromatic carbocycles. The standard InChI is InChI=1S/C13H15F2NO3/c1-19-6-7-2-3-9(14)11(12(7)15)10-4-8(5-16-10)13(17)18/h2-3,8,10,16H,4-6H2,1H3,(H,17,18). The first kappa shape index (κ1) is 13.9. The van der Waals surface area contributed by atoms with Crippen LogP contribution in [-0.4, -0.2) is 24.7 Å². The number of nitrogens with one attached hydrogen (secondary N) is 1. The molecule has 4 nitrogen and oxygen atoms in total. The monoisotopic (exact) mass is 271 g/mol. The molecule has 19 heavy (non-hydrogen) atoms. The van der Waals surface area contributed by atoms with Crippen molar-refractivity contribution in [2.45, 2.75) is 19.1 Å². The molecule has 6 heteroatoms. The number of ether oxygens (including phenoxy) is 1. The molecule has 0 bridgehead atoms. The maximum absolute atomic E-state index is 14.2. The highest BCUT2D eigenvalue weighted by molar-refractivity contribution is 5.70. The van der Waals surface area contributed by atoms with Crippen LogP contribution >= 0.6 is 0 Å². The van der Waals surface area contributed by atoms with Crippen LogP contribution < -0.4 is 5.32 Å². The van der Waals surface area contributed by atoms with Crippen LogP contribution in [0.15, 0.2) is 12.1 Å². The normalized spacial score (nSPS) is 22.7. The first-order chi connectivity index (χ1) is 9.04. The lowest BCUT2D eigenvalue weighted by Gasteiger charge is -2.15. The molecule has 2 atom stereocenters. The molecule has 0 amide bonds. The number of rotatable bonds is 4. The Labute approximate surface area is 109 Å². The minimum atomic E-state index is -0.955. The van der Waals surface area contributed by atoms with Gasteiger partial charge in [-0.05, 0) is 12.5 Å². The van der Waals surface area contributed by atoms with Gasteiger partial charge in [-0.15, -0.1) is 0 Å². The Balaban J connectivity index is 2.29. The molecule has 2 N–H and O–H groups in total. The second-order valence-electron chi connectivity index (χ2n) is 4.60. The van der Waals surface area contributed by atoms with E-state index in [1.54, 1.807) is 0 Å². The number of carbonyl (C=O) groups is 1. The van der Waals surface area contributed by atoms with Crippen molar-refractivity contribution in [2.24, 2.45) is 5.92 Å². The fraction of sp³-hybridized carbons (Fsp3) is 0.462. The molecular weight excluding hydrogens is 256 g/mol. The summed E-state index contributed by atoms with van der Waals surface area (Å²) in [5, 5.41) is 11.8. The summed E-state index contributed by atoms with van der Waals surface area (Å²) < 4.78 is 32.8. The zero-order chi connectivity index (χ0) is 14.0. The first-order valence-corrected chi connectivity index (χ1v) is 5.96. The SMILES string of the molecule is COCc1ccc(F)c(C2CC(C(=O)O)CN2)c1F. The summed E-state index contributed by atoms with van der Waals surface area (Å²) in [5.74, 6) is -2.90. The van der Waals surface area contributed by atoms with Crippen LogP contribution in [0.4, 0.5) is 8.78 Å². The first-order valence-electron chi connectivity index (χ1n) is 5.96. The minimum absolute atomic E-state index is 0.0498. The second-order valence-corrected chi connectivity index (χ2v) is 4.60. The third kappa shape index (κ3) is 2.74. The number of carboxylic acid groups (broad SMARTS) is 1. The van der Waals surface area contributed by atoms with E-state index in [1.165, 1.54) is 19.2 Å². The number of aliphatic carboxylic acids is 1. The Bertz CT molecular complexity index is 493. The molecule has 0 spiro atoms. The van der Waals surface area contributed by atoms with Crippen LogP contribution in [0.25, 0.3) is 0 Å². The number of benzene rings is 1. The molecule has 1 saturated heterocycles. The number of hydrogen-bond acceptors (Lipinski definition) is 3. The van der Waals surface area contributed by atoms with E-state index in [2.05, 4.69) is 5.32 Å². The third-order valence-corrected chi connectivity index (χ3v) is 3.33. The van der Waals surface area contributed by atoms with Gasteiger partial charge in [0.1, 0.15) is 11.6 Å². The van der Waals surface area contributed by atoms with Gasteiger partial charge in [0.2, 0.25) is 0 Å². The summed E-state index contributed by atoms with van der Waals surface area (Å²) in [6, 6.07) is 1.90. The number of halogens is 2. The minimum Gasteiger partial charge on any atom is -0.481 e. The van der Waals surface area contributed by atoms with E-state index in [0.717, 1.165) is 0 Å². The molecule has 1 aliphatic heterocycles. The van der Waals surface area contributed by atoms with Gasteiger partial charge in [0, 0.05) is 30.8 Å². The number of carboxylic acids is 1. The molecular formula is C13H15F2NO3. The Morgan fingerprint density at radius 2 is 2.26 bits per heavy atom. The van der Waals surface area contributed by atoms with Crippen LogP contribution in [0, 0.1) is 17.6 Å². The van der Waals surface area contributed by atoms with Crippen LogP contribution in [-0.2, 0) is 16.1 Å². The average molecular weight is 271 g/mol. The van der Waals surface area contributed by atoms with Crippen LogP contribution in [0.1, 0.15) is 23.6 Å². The Morgan fingerprint density at radius 3 is 2.84 bits per heavy atom. The molecule has 0 radical (unpaired) electrons. The average Bonchev–Trinajstić information content (AvgIpc) is 2.83. The van der Waals surface area contributed by atoms with Crippen molar-refractivity contribution in [3.63, 3.8) is 0 Å². The van der Waals surface area contributed by atoms with Crippen LogP contribution in [0.3, 0.4) is 0 Å². The summed E-state index contributed by atoms with van der Waals surface area (Å²) in [6.45, 7) is 0.265. The van der Waals surface area contributed by atoms with Crippen molar-refractivity contribution in [2.75, 3.05) is 13.7 Å². The molecule has 1 aromatic rings. The maximum Gasteiger partial charge on any atom is 0.307 e. The quantitative estimate of drug-likeness (QED) is 0.877. The fourth-order valence-electron chi connectivity index (χ4n) is 2.34. The lowest BCUT2D eigenvalue weighted by Crippen LogP contribution is -2.18. The zero-order valence-electron chi connectivity index (χ0n) is 10.5. The summed E-state index contributed by atoms with van der Waals surface area (Å²) in [5.41, 5.74) is 0.165. The van der Waals surface area contributed by atoms with E-state index in [9.17, 15) is 13.6 Å². The molecule has 0 aromatic heterocycles.